The van der Waals surface area contributed by atoms with E-state index in [-0.39, 0.29) is 13.2 Å². The van der Waals surface area contributed by atoms with E-state index in [9.17, 15) is 8.42 Å². The Morgan fingerprint density at radius 2 is 1.00 bits per heavy atom. The molecule has 0 aliphatic rings. The minimum atomic E-state index is -1.99. The van der Waals surface area contributed by atoms with E-state index in [1.807, 2.05) is 60.7 Å². The Balaban J connectivity index is 1.76. The van der Waals surface area contributed by atoms with Gasteiger partial charge in [-0.05, 0) is 11.1 Å². The summed E-state index contributed by atoms with van der Waals surface area (Å²) in [7, 11) is -3.98. The third-order valence-electron chi connectivity index (χ3n) is 2.44. The van der Waals surface area contributed by atoms with Crippen LogP contribution >= 0.6 is 0 Å². The van der Waals surface area contributed by atoms with Gasteiger partial charge >= 0.3 is 0 Å². The Morgan fingerprint density at radius 3 is 1.35 bits per heavy atom. The van der Waals surface area contributed by atoms with Gasteiger partial charge in [0.1, 0.15) is 0 Å². The second kappa shape index (κ2) is 8.06. The molecule has 0 radical (unpaired) electrons. The highest BCUT2D eigenvalue weighted by Gasteiger charge is 2.12. The molecule has 0 aliphatic carbocycles. The molecule has 0 heterocycles. The average Bonchev–Trinajstić information content (AvgIpc) is 2.52. The van der Waals surface area contributed by atoms with Crippen LogP contribution in [0.5, 0.6) is 0 Å². The van der Waals surface area contributed by atoms with Crippen LogP contribution in [0, 0.1) is 0 Å². The van der Waals surface area contributed by atoms with Crippen molar-refractivity contribution in [2.45, 2.75) is 13.2 Å². The maximum Gasteiger partial charge on any atom is 0.277 e. The number of hydrogen-bond donors (Lipinski definition) is 0. The van der Waals surface area contributed by atoms with E-state index in [0.717, 1.165) is 11.1 Å². The van der Waals surface area contributed by atoms with Crippen molar-refractivity contribution in [1.82, 2.24) is 0 Å². The first-order valence-electron chi connectivity index (χ1n) is 5.94. The lowest BCUT2D eigenvalue weighted by Crippen LogP contribution is -2.08. The van der Waals surface area contributed by atoms with Crippen LogP contribution in [0.3, 0.4) is 0 Å². The number of rotatable bonds is 7. The maximum absolute atomic E-state index is 11.6. The fraction of sp³-hybridized carbons (Fsp3) is 0.143. The molecule has 0 N–H and O–H groups in total. The van der Waals surface area contributed by atoms with E-state index in [1.165, 1.54) is 0 Å². The van der Waals surface area contributed by atoms with Gasteiger partial charge in [-0.1, -0.05) is 60.7 Å². The molecule has 0 bridgehead atoms. The van der Waals surface area contributed by atoms with E-state index >= 15 is 0 Å². The van der Waals surface area contributed by atoms with Gasteiger partial charge in [-0.2, -0.15) is 0 Å². The van der Waals surface area contributed by atoms with E-state index < -0.39 is 20.2 Å². The molecule has 0 saturated heterocycles. The Hall–Kier alpha value is -1.34. The molecule has 2 aromatic rings. The SMILES string of the molecule is O=S(OCc1ccccc1)S(=O)OCc1ccccc1. The Bertz CT molecular complexity index is 519. The van der Waals surface area contributed by atoms with E-state index in [2.05, 4.69) is 0 Å². The summed E-state index contributed by atoms with van der Waals surface area (Å²) < 4.78 is 33.3. The van der Waals surface area contributed by atoms with Crippen LogP contribution in [-0.4, -0.2) is 8.42 Å². The zero-order valence-corrected chi connectivity index (χ0v) is 12.3. The summed E-state index contributed by atoms with van der Waals surface area (Å²) in [5.41, 5.74) is 1.72. The molecular weight excluding hydrogens is 296 g/mol. The van der Waals surface area contributed by atoms with Gasteiger partial charge in [0, 0.05) is 0 Å². The van der Waals surface area contributed by atoms with Gasteiger partial charge < -0.3 is 0 Å². The van der Waals surface area contributed by atoms with Gasteiger partial charge in [-0.15, -0.1) is 0 Å². The van der Waals surface area contributed by atoms with Gasteiger partial charge in [0.05, 0.1) is 13.2 Å². The summed E-state index contributed by atoms with van der Waals surface area (Å²) in [6.07, 6.45) is 0. The molecule has 2 atom stereocenters. The first-order chi connectivity index (χ1) is 9.75. The highest BCUT2D eigenvalue weighted by Crippen LogP contribution is 2.07. The normalized spacial score (nSPS) is 13.8. The predicted molar refractivity (Wildman–Crippen MR) is 78.7 cm³/mol. The highest BCUT2D eigenvalue weighted by atomic mass is 33.2. The van der Waals surface area contributed by atoms with Crippen LogP contribution in [0.25, 0.3) is 0 Å². The number of benzene rings is 2. The zero-order valence-electron chi connectivity index (χ0n) is 10.6. The molecule has 20 heavy (non-hydrogen) atoms. The highest BCUT2D eigenvalue weighted by molar-refractivity contribution is 8.57. The largest absolute Gasteiger partial charge is 0.277 e. The first kappa shape index (κ1) is 15.1. The molecule has 0 amide bonds. The zero-order chi connectivity index (χ0) is 14.2. The molecule has 0 fully saturated rings. The fourth-order valence-corrected chi connectivity index (χ4v) is 2.84. The lowest BCUT2D eigenvalue weighted by molar-refractivity contribution is 0.325. The van der Waals surface area contributed by atoms with Crippen molar-refractivity contribution in [2.75, 3.05) is 0 Å². The molecule has 0 saturated carbocycles. The molecule has 0 aromatic heterocycles. The third-order valence-corrected chi connectivity index (χ3v) is 4.53. The van der Waals surface area contributed by atoms with E-state index in [1.54, 1.807) is 0 Å². The lowest BCUT2D eigenvalue weighted by atomic mass is 10.2. The summed E-state index contributed by atoms with van der Waals surface area (Å²) in [6.45, 7) is 0.266. The van der Waals surface area contributed by atoms with Crippen molar-refractivity contribution < 1.29 is 16.8 Å². The summed E-state index contributed by atoms with van der Waals surface area (Å²) in [4.78, 5) is 0. The van der Waals surface area contributed by atoms with Gasteiger partial charge in [-0.25, -0.2) is 8.42 Å². The van der Waals surface area contributed by atoms with E-state index in [0.29, 0.717) is 0 Å². The van der Waals surface area contributed by atoms with Crippen LogP contribution < -0.4 is 0 Å². The van der Waals surface area contributed by atoms with Gasteiger partial charge in [-0.3, -0.25) is 8.37 Å². The third kappa shape index (κ3) is 4.97. The molecular formula is C14H14O4S2. The first-order valence-corrected chi connectivity index (χ1v) is 8.61. The monoisotopic (exact) mass is 310 g/mol. The lowest BCUT2D eigenvalue weighted by Gasteiger charge is -2.04. The minimum absolute atomic E-state index is 0.133. The van der Waals surface area contributed by atoms with Crippen molar-refractivity contribution >= 4 is 20.2 Å². The minimum Gasteiger partial charge on any atom is -0.274 e. The molecule has 2 aromatic carbocycles. The van der Waals surface area contributed by atoms with E-state index in [4.69, 9.17) is 8.37 Å². The Kier molecular flexibility index (Phi) is 6.07. The Labute approximate surface area is 122 Å². The molecule has 6 heteroatoms. The predicted octanol–water partition coefficient (Wildman–Crippen LogP) is 2.66. The summed E-state index contributed by atoms with van der Waals surface area (Å²) in [5, 5.41) is 0. The van der Waals surface area contributed by atoms with Crippen molar-refractivity contribution in [3.05, 3.63) is 71.8 Å². The molecule has 0 aliphatic heterocycles. The van der Waals surface area contributed by atoms with Crippen molar-refractivity contribution in [2.24, 2.45) is 0 Å². The average molecular weight is 310 g/mol. The van der Waals surface area contributed by atoms with Crippen LogP contribution in [0.15, 0.2) is 60.7 Å². The van der Waals surface area contributed by atoms with Crippen molar-refractivity contribution in [3.8, 4) is 0 Å². The second-order valence-electron chi connectivity index (χ2n) is 3.90. The molecule has 4 nitrogen and oxygen atoms in total. The summed E-state index contributed by atoms with van der Waals surface area (Å²) >= 11 is 0. The molecule has 2 unspecified atom stereocenters. The smallest absolute Gasteiger partial charge is 0.274 e. The fourth-order valence-electron chi connectivity index (χ4n) is 1.46. The van der Waals surface area contributed by atoms with Crippen LogP contribution in [-0.2, 0) is 41.8 Å². The quantitative estimate of drug-likeness (QED) is 0.738. The van der Waals surface area contributed by atoms with Crippen molar-refractivity contribution in [3.63, 3.8) is 0 Å². The maximum atomic E-state index is 11.6. The molecule has 0 spiro atoms. The van der Waals surface area contributed by atoms with Crippen LogP contribution in [0.4, 0.5) is 0 Å². The standard InChI is InChI=1S/C14H14O4S2/c15-19(17-11-13-7-3-1-4-8-13)20(16)18-12-14-9-5-2-6-10-14/h1-10H,11-12H2. The number of hydrogen-bond acceptors (Lipinski definition) is 4. The van der Waals surface area contributed by atoms with Crippen molar-refractivity contribution in [1.29, 1.82) is 0 Å². The van der Waals surface area contributed by atoms with Gasteiger partial charge in [0.25, 0.3) is 20.2 Å². The second-order valence-corrected chi connectivity index (χ2v) is 6.82. The summed E-state index contributed by atoms with van der Waals surface area (Å²) in [6, 6.07) is 18.5. The van der Waals surface area contributed by atoms with Gasteiger partial charge in [0.2, 0.25) is 0 Å². The van der Waals surface area contributed by atoms with Crippen LogP contribution in [0.1, 0.15) is 11.1 Å². The Morgan fingerprint density at radius 1 is 0.650 bits per heavy atom. The molecule has 106 valence electrons. The molecule has 2 rings (SSSR count). The van der Waals surface area contributed by atoms with Gasteiger partial charge in [0.15, 0.2) is 0 Å². The topological polar surface area (TPSA) is 52.6 Å². The van der Waals surface area contributed by atoms with Crippen LogP contribution in [0.2, 0.25) is 0 Å². The summed E-state index contributed by atoms with van der Waals surface area (Å²) in [5.74, 6) is 0.